The van der Waals surface area contributed by atoms with Crippen molar-refractivity contribution < 1.29 is 9.18 Å². The van der Waals surface area contributed by atoms with Gasteiger partial charge in [-0.2, -0.15) is 5.10 Å². The third-order valence-corrected chi connectivity index (χ3v) is 3.31. The van der Waals surface area contributed by atoms with E-state index >= 15 is 0 Å². The summed E-state index contributed by atoms with van der Waals surface area (Å²) < 4.78 is 14.9. The molecule has 5 heteroatoms. The highest BCUT2D eigenvalue weighted by atomic mass is 19.1. The van der Waals surface area contributed by atoms with Crippen molar-refractivity contribution in [2.24, 2.45) is 0 Å². The maximum Gasteiger partial charge on any atom is 0.258 e. The van der Waals surface area contributed by atoms with Gasteiger partial charge in [0.2, 0.25) is 0 Å². The van der Waals surface area contributed by atoms with E-state index in [4.69, 9.17) is 0 Å². The number of nitrogens with one attached hydrogen (secondary N) is 1. The van der Waals surface area contributed by atoms with Crippen LogP contribution < -0.4 is 5.32 Å². The number of nitrogens with zero attached hydrogens (tertiary/aromatic N) is 2. The average molecular weight is 295 g/mol. The fourth-order valence-corrected chi connectivity index (χ4v) is 2.09. The molecular formula is C17H14FN3O. The lowest BCUT2D eigenvalue weighted by Gasteiger charge is -2.07. The Morgan fingerprint density at radius 3 is 2.73 bits per heavy atom. The number of hydrogen-bond acceptors (Lipinski definition) is 2. The Morgan fingerprint density at radius 1 is 1.18 bits per heavy atom. The van der Waals surface area contributed by atoms with E-state index in [1.54, 1.807) is 16.9 Å². The van der Waals surface area contributed by atoms with Crippen LogP contribution in [-0.4, -0.2) is 15.7 Å². The standard InChI is InChI=1S/C17H14FN3O/c1-12-7-8-14(18)9-16(12)20-17(22)13-10-19-21(11-13)15-5-3-2-4-6-15/h2-11H,1H3,(H,20,22). The van der Waals surface area contributed by atoms with Crippen molar-refractivity contribution in [2.45, 2.75) is 6.92 Å². The summed E-state index contributed by atoms with van der Waals surface area (Å²) in [4.78, 5) is 12.2. The zero-order valence-corrected chi connectivity index (χ0v) is 12.0. The van der Waals surface area contributed by atoms with Gasteiger partial charge in [-0.1, -0.05) is 24.3 Å². The zero-order chi connectivity index (χ0) is 15.5. The Hall–Kier alpha value is -2.95. The van der Waals surface area contributed by atoms with Crippen molar-refractivity contribution in [3.8, 4) is 5.69 Å². The van der Waals surface area contributed by atoms with Crippen LogP contribution in [0.3, 0.4) is 0 Å². The van der Waals surface area contributed by atoms with Crippen molar-refractivity contribution in [2.75, 3.05) is 5.32 Å². The summed E-state index contributed by atoms with van der Waals surface area (Å²) in [6.07, 6.45) is 3.12. The molecule has 110 valence electrons. The number of carbonyl (C=O) groups excluding carboxylic acids is 1. The summed E-state index contributed by atoms with van der Waals surface area (Å²) in [5.41, 5.74) is 2.53. The normalized spacial score (nSPS) is 10.5. The molecule has 2 aromatic carbocycles. The van der Waals surface area contributed by atoms with E-state index in [0.29, 0.717) is 11.3 Å². The molecule has 1 amide bonds. The molecule has 1 heterocycles. The summed E-state index contributed by atoms with van der Waals surface area (Å²) in [6.45, 7) is 1.81. The van der Waals surface area contributed by atoms with Crippen LogP contribution in [0.4, 0.5) is 10.1 Å². The Kier molecular flexibility index (Phi) is 3.70. The van der Waals surface area contributed by atoms with Gasteiger partial charge in [0.15, 0.2) is 0 Å². The predicted octanol–water partition coefficient (Wildman–Crippen LogP) is 3.57. The van der Waals surface area contributed by atoms with Crippen LogP contribution in [0.5, 0.6) is 0 Å². The first-order valence-electron chi connectivity index (χ1n) is 6.81. The van der Waals surface area contributed by atoms with Crippen molar-refractivity contribution in [3.63, 3.8) is 0 Å². The quantitative estimate of drug-likeness (QED) is 0.803. The first kappa shape index (κ1) is 14.0. The van der Waals surface area contributed by atoms with Crippen molar-refractivity contribution in [1.82, 2.24) is 9.78 Å². The van der Waals surface area contributed by atoms with Crippen molar-refractivity contribution in [1.29, 1.82) is 0 Å². The maximum absolute atomic E-state index is 13.3. The Balaban J connectivity index is 1.81. The number of hydrogen-bond donors (Lipinski definition) is 1. The van der Waals surface area contributed by atoms with Gasteiger partial charge in [0.1, 0.15) is 5.82 Å². The lowest BCUT2D eigenvalue weighted by molar-refractivity contribution is 0.102. The predicted molar refractivity (Wildman–Crippen MR) is 82.7 cm³/mol. The highest BCUT2D eigenvalue weighted by molar-refractivity contribution is 6.04. The van der Waals surface area contributed by atoms with E-state index in [-0.39, 0.29) is 11.7 Å². The minimum absolute atomic E-state index is 0.323. The number of aromatic nitrogens is 2. The molecule has 0 bridgehead atoms. The van der Waals surface area contributed by atoms with Gasteiger partial charge in [-0.15, -0.1) is 0 Å². The SMILES string of the molecule is Cc1ccc(F)cc1NC(=O)c1cnn(-c2ccccc2)c1. The van der Waals surface area contributed by atoms with Crippen molar-refractivity contribution in [3.05, 3.63) is 77.9 Å². The summed E-state index contributed by atoms with van der Waals surface area (Å²) >= 11 is 0. The molecule has 4 nitrogen and oxygen atoms in total. The molecule has 1 aromatic heterocycles. The molecule has 0 fully saturated rings. The summed E-state index contributed by atoms with van der Waals surface area (Å²) in [5.74, 6) is -0.711. The molecule has 0 spiro atoms. The molecule has 22 heavy (non-hydrogen) atoms. The number of aryl methyl sites for hydroxylation is 1. The summed E-state index contributed by atoms with van der Waals surface area (Å²) in [6, 6.07) is 13.8. The van der Waals surface area contributed by atoms with Crippen LogP contribution in [0.25, 0.3) is 5.69 Å². The Bertz CT molecular complexity index is 812. The number of halogens is 1. The highest BCUT2D eigenvalue weighted by Crippen LogP contribution is 2.17. The third-order valence-electron chi connectivity index (χ3n) is 3.31. The molecule has 1 N–H and O–H groups in total. The molecule has 0 aliphatic carbocycles. The zero-order valence-electron chi connectivity index (χ0n) is 12.0. The van der Waals surface area contributed by atoms with Gasteiger partial charge in [-0.25, -0.2) is 9.07 Å². The largest absolute Gasteiger partial charge is 0.322 e. The van der Waals surface area contributed by atoms with Crippen LogP contribution >= 0.6 is 0 Å². The summed E-state index contributed by atoms with van der Waals surface area (Å²) in [5, 5.41) is 6.87. The molecular weight excluding hydrogens is 281 g/mol. The highest BCUT2D eigenvalue weighted by Gasteiger charge is 2.11. The molecule has 0 atom stereocenters. The van der Waals surface area contributed by atoms with Crippen LogP contribution in [0.2, 0.25) is 0 Å². The lowest BCUT2D eigenvalue weighted by atomic mass is 10.2. The second-order valence-electron chi connectivity index (χ2n) is 4.92. The molecule has 0 unspecified atom stereocenters. The minimum Gasteiger partial charge on any atom is -0.322 e. The molecule has 3 rings (SSSR count). The molecule has 0 saturated carbocycles. The van der Waals surface area contributed by atoms with E-state index in [1.165, 1.54) is 18.3 Å². The monoisotopic (exact) mass is 295 g/mol. The lowest BCUT2D eigenvalue weighted by Crippen LogP contribution is -2.12. The molecule has 0 radical (unpaired) electrons. The van der Waals surface area contributed by atoms with Crippen molar-refractivity contribution >= 4 is 11.6 Å². The van der Waals surface area contributed by atoms with E-state index in [0.717, 1.165) is 11.3 Å². The van der Waals surface area contributed by atoms with Gasteiger partial charge in [-0.05, 0) is 36.8 Å². The smallest absolute Gasteiger partial charge is 0.258 e. The van der Waals surface area contributed by atoms with E-state index in [9.17, 15) is 9.18 Å². The first-order chi connectivity index (χ1) is 10.6. The fourth-order valence-electron chi connectivity index (χ4n) is 2.09. The second-order valence-corrected chi connectivity index (χ2v) is 4.92. The van der Waals surface area contributed by atoms with Gasteiger partial charge < -0.3 is 5.32 Å². The van der Waals surface area contributed by atoms with Gasteiger partial charge in [-0.3, -0.25) is 4.79 Å². The van der Waals surface area contributed by atoms with Crippen LogP contribution in [0.15, 0.2) is 60.9 Å². The number of para-hydroxylation sites is 1. The van der Waals surface area contributed by atoms with Crippen LogP contribution in [-0.2, 0) is 0 Å². The Labute approximate surface area is 127 Å². The maximum atomic E-state index is 13.3. The minimum atomic E-state index is -0.388. The van der Waals surface area contributed by atoms with Crippen LogP contribution in [0, 0.1) is 12.7 Å². The van der Waals surface area contributed by atoms with Gasteiger partial charge in [0.25, 0.3) is 5.91 Å². The number of rotatable bonds is 3. The number of anilines is 1. The van der Waals surface area contributed by atoms with E-state index in [1.807, 2.05) is 37.3 Å². The number of benzene rings is 2. The van der Waals surface area contributed by atoms with Gasteiger partial charge >= 0.3 is 0 Å². The van der Waals surface area contributed by atoms with Gasteiger partial charge in [0, 0.05) is 11.9 Å². The van der Waals surface area contributed by atoms with Gasteiger partial charge in [0.05, 0.1) is 17.4 Å². The molecule has 0 aliphatic rings. The average Bonchev–Trinajstić information content (AvgIpc) is 3.02. The molecule has 3 aromatic rings. The third kappa shape index (κ3) is 2.88. The van der Waals surface area contributed by atoms with E-state index < -0.39 is 0 Å². The van der Waals surface area contributed by atoms with E-state index in [2.05, 4.69) is 10.4 Å². The molecule has 0 aliphatic heterocycles. The molecule has 0 saturated heterocycles. The van der Waals surface area contributed by atoms with Crippen LogP contribution in [0.1, 0.15) is 15.9 Å². The summed E-state index contributed by atoms with van der Waals surface area (Å²) in [7, 11) is 0. The second kappa shape index (κ2) is 5.81. The number of amides is 1. The Morgan fingerprint density at radius 2 is 1.95 bits per heavy atom. The number of carbonyl (C=O) groups is 1. The fraction of sp³-hybridized carbons (Fsp3) is 0.0588. The first-order valence-corrected chi connectivity index (χ1v) is 6.81. The topological polar surface area (TPSA) is 46.9 Å².